The zero-order valence-corrected chi connectivity index (χ0v) is 16.3. The maximum atomic E-state index is 12.7. The lowest BCUT2D eigenvalue weighted by Gasteiger charge is -2.30. The van der Waals surface area contributed by atoms with Crippen molar-refractivity contribution >= 4 is 34.0 Å². The molecular formula is C19H21N3O5S. The van der Waals surface area contributed by atoms with Gasteiger partial charge in [0.15, 0.2) is 16.6 Å². The van der Waals surface area contributed by atoms with Crippen LogP contribution in [-0.2, 0) is 9.53 Å². The lowest BCUT2D eigenvalue weighted by atomic mass is 9.97. The van der Waals surface area contributed by atoms with Gasteiger partial charge in [-0.3, -0.25) is 9.59 Å². The fourth-order valence-electron chi connectivity index (χ4n) is 3.27. The topological polar surface area (TPSA) is 90.0 Å². The van der Waals surface area contributed by atoms with E-state index in [0.717, 1.165) is 5.69 Å². The van der Waals surface area contributed by atoms with Crippen molar-refractivity contribution in [3.63, 3.8) is 0 Å². The Morgan fingerprint density at radius 2 is 2.07 bits per heavy atom. The van der Waals surface area contributed by atoms with E-state index < -0.39 is 0 Å². The van der Waals surface area contributed by atoms with Crippen molar-refractivity contribution in [2.75, 3.05) is 31.8 Å². The number of carbonyl (C=O) groups excluding carboxylic acids is 2. The highest BCUT2D eigenvalue weighted by Crippen LogP contribution is 2.35. The fraction of sp³-hybridized carbons (Fsp3) is 0.421. The molecule has 0 saturated carbocycles. The average Bonchev–Trinajstić information content (AvgIpc) is 3.37. The highest BCUT2D eigenvalue weighted by molar-refractivity contribution is 7.14. The molecule has 2 aromatic rings. The smallest absolute Gasteiger partial charge is 0.309 e. The first-order valence-corrected chi connectivity index (χ1v) is 10.1. The molecule has 0 spiro atoms. The lowest BCUT2D eigenvalue weighted by Crippen LogP contribution is -2.40. The minimum atomic E-state index is -0.168. The van der Waals surface area contributed by atoms with Gasteiger partial charge in [0.25, 0.3) is 5.91 Å². The first kappa shape index (κ1) is 18.5. The second-order valence-electron chi connectivity index (χ2n) is 6.55. The molecule has 2 aliphatic rings. The SMILES string of the molecule is CCOC(=O)C1CCN(C(=O)c2csc(Nc3ccc4c(c3)OCO4)n2)CC1. The number of ether oxygens (including phenoxy) is 3. The summed E-state index contributed by atoms with van der Waals surface area (Å²) in [5, 5.41) is 5.56. The Labute approximate surface area is 166 Å². The second-order valence-corrected chi connectivity index (χ2v) is 7.41. The predicted octanol–water partition coefficient (Wildman–Crippen LogP) is 3.03. The minimum Gasteiger partial charge on any atom is -0.466 e. The lowest BCUT2D eigenvalue weighted by molar-refractivity contribution is -0.149. The number of esters is 1. The molecule has 2 aliphatic heterocycles. The minimum absolute atomic E-state index is 0.114. The van der Waals surface area contributed by atoms with Crippen LogP contribution in [0.3, 0.4) is 0 Å². The Balaban J connectivity index is 1.35. The molecule has 0 radical (unpaired) electrons. The number of carbonyl (C=O) groups is 2. The summed E-state index contributed by atoms with van der Waals surface area (Å²) < 4.78 is 15.7. The van der Waals surface area contributed by atoms with Crippen molar-refractivity contribution in [2.24, 2.45) is 5.92 Å². The number of nitrogens with one attached hydrogen (secondary N) is 1. The van der Waals surface area contributed by atoms with Crippen molar-refractivity contribution in [3.05, 3.63) is 29.3 Å². The van der Waals surface area contributed by atoms with Crippen LogP contribution >= 0.6 is 11.3 Å². The van der Waals surface area contributed by atoms with Gasteiger partial charge in [0.05, 0.1) is 12.5 Å². The number of amides is 1. The van der Waals surface area contributed by atoms with E-state index in [4.69, 9.17) is 14.2 Å². The van der Waals surface area contributed by atoms with Gasteiger partial charge in [-0.2, -0.15) is 0 Å². The highest BCUT2D eigenvalue weighted by Gasteiger charge is 2.29. The first-order valence-electron chi connectivity index (χ1n) is 9.22. The van der Waals surface area contributed by atoms with E-state index in [9.17, 15) is 9.59 Å². The van der Waals surface area contributed by atoms with Crippen LogP contribution in [0.5, 0.6) is 11.5 Å². The van der Waals surface area contributed by atoms with Crippen molar-refractivity contribution in [2.45, 2.75) is 19.8 Å². The number of benzene rings is 1. The van der Waals surface area contributed by atoms with Gasteiger partial charge < -0.3 is 24.4 Å². The third kappa shape index (κ3) is 3.89. The number of piperidine rings is 1. The normalized spacial score (nSPS) is 16.1. The van der Waals surface area contributed by atoms with E-state index in [1.54, 1.807) is 17.2 Å². The van der Waals surface area contributed by atoms with E-state index in [2.05, 4.69) is 10.3 Å². The molecule has 28 heavy (non-hydrogen) atoms. The number of fused-ring (bicyclic) bond motifs is 1. The Bertz CT molecular complexity index is 876. The van der Waals surface area contributed by atoms with E-state index in [-0.39, 0.29) is 24.6 Å². The summed E-state index contributed by atoms with van der Waals surface area (Å²) in [5.41, 5.74) is 1.22. The molecular weight excluding hydrogens is 382 g/mol. The van der Waals surface area contributed by atoms with Gasteiger partial charge in [0, 0.05) is 30.2 Å². The van der Waals surface area contributed by atoms with Crippen LogP contribution in [0.2, 0.25) is 0 Å². The number of likely N-dealkylation sites (tertiary alicyclic amines) is 1. The van der Waals surface area contributed by atoms with Crippen molar-refractivity contribution < 1.29 is 23.8 Å². The molecule has 0 bridgehead atoms. The molecule has 8 nitrogen and oxygen atoms in total. The van der Waals surface area contributed by atoms with Gasteiger partial charge >= 0.3 is 5.97 Å². The molecule has 0 aliphatic carbocycles. The molecule has 0 unspecified atom stereocenters. The first-order chi connectivity index (χ1) is 13.6. The molecule has 1 aromatic heterocycles. The Morgan fingerprint density at radius 3 is 2.86 bits per heavy atom. The Hall–Kier alpha value is -2.81. The van der Waals surface area contributed by atoms with Crippen molar-refractivity contribution in [1.29, 1.82) is 0 Å². The zero-order chi connectivity index (χ0) is 19.5. The van der Waals surface area contributed by atoms with Gasteiger partial charge in [-0.1, -0.05) is 0 Å². The molecule has 148 valence electrons. The number of rotatable bonds is 5. The Kier molecular flexibility index (Phi) is 5.34. The number of anilines is 2. The van der Waals surface area contributed by atoms with Crippen LogP contribution in [0.4, 0.5) is 10.8 Å². The highest BCUT2D eigenvalue weighted by atomic mass is 32.1. The van der Waals surface area contributed by atoms with Crippen molar-refractivity contribution in [3.8, 4) is 11.5 Å². The maximum Gasteiger partial charge on any atom is 0.309 e. The molecule has 9 heteroatoms. The average molecular weight is 403 g/mol. The summed E-state index contributed by atoms with van der Waals surface area (Å²) in [4.78, 5) is 30.7. The summed E-state index contributed by atoms with van der Waals surface area (Å²) in [7, 11) is 0. The summed E-state index contributed by atoms with van der Waals surface area (Å²) >= 11 is 1.37. The summed E-state index contributed by atoms with van der Waals surface area (Å²) in [6.07, 6.45) is 1.24. The van der Waals surface area contributed by atoms with Gasteiger partial charge in [-0.05, 0) is 31.9 Å². The van der Waals surface area contributed by atoms with Gasteiger partial charge in [-0.15, -0.1) is 11.3 Å². The van der Waals surface area contributed by atoms with Gasteiger partial charge in [0.1, 0.15) is 5.69 Å². The van der Waals surface area contributed by atoms with E-state index in [1.165, 1.54) is 11.3 Å². The quantitative estimate of drug-likeness (QED) is 0.768. The standard InChI is InChI=1S/C19H21N3O5S/c1-2-25-18(24)12-5-7-22(8-6-12)17(23)14-10-28-19(21-14)20-13-3-4-15-16(9-13)27-11-26-15/h3-4,9-10,12H,2,5-8,11H2,1H3,(H,20,21). The number of aromatic nitrogens is 1. The third-order valence-corrected chi connectivity index (χ3v) is 5.51. The summed E-state index contributed by atoms with van der Waals surface area (Å²) in [5.74, 6) is 0.993. The molecule has 4 rings (SSSR count). The maximum absolute atomic E-state index is 12.7. The molecule has 3 heterocycles. The molecule has 1 N–H and O–H groups in total. The van der Waals surface area contributed by atoms with Crippen LogP contribution in [0, 0.1) is 5.92 Å². The number of hydrogen-bond donors (Lipinski definition) is 1. The van der Waals surface area contributed by atoms with Crippen LogP contribution in [0.25, 0.3) is 0 Å². The summed E-state index contributed by atoms with van der Waals surface area (Å²) in [6, 6.07) is 5.54. The number of nitrogens with zero attached hydrogens (tertiary/aromatic N) is 2. The molecule has 1 amide bonds. The largest absolute Gasteiger partial charge is 0.466 e. The van der Waals surface area contributed by atoms with Crippen LogP contribution in [0.15, 0.2) is 23.6 Å². The van der Waals surface area contributed by atoms with Crippen LogP contribution in [-0.4, -0.2) is 48.2 Å². The molecule has 1 aromatic carbocycles. The monoisotopic (exact) mass is 403 g/mol. The molecule has 1 saturated heterocycles. The Morgan fingerprint density at radius 1 is 1.29 bits per heavy atom. The van der Waals surface area contributed by atoms with Crippen molar-refractivity contribution in [1.82, 2.24) is 9.88 Å². The molecule has 0 atom stereocenters. The number of hydrogen-bond acceptors (Lipinski definition) is 8. The fourth-order valence-corrected chi connectivity index (χ4v) is 3.97. The zero-order valence-electron chi connectivity index (χ0n) is 15.5. The molecule has 1 fully saturated rings. The van der Waals surface area contributed by atoms with Crippen LogP contribution < -0.4 is 14.8 Å². The van der Waals surface area contributed by atoms with Gasteiger partial charge in [-0.25, -0.2) is 4.98 Å². The van der Waals surface area contributed by atoms with E-state index in [0.29, 0.717) is 54.9 Å². The van der Waals surface area contributed by atoms with Crippen LogP contribution in [0.1, 0.15) is 30.3 Å². The number of thiazole rings is 1. The van der Waals surface area contributed by atoms with Gasteiger partial charge in [0.2, 0.25) is 6.79 Å². The van der Waals surface area contributed by atoms with E-state index in [1.807, 2.05) is 18.2 Å². The predicted molar refractivity (Wildman–Crippen MR) is 103 cm³/mol. The summed E-state index contributed by atoms with van der Waals surface area (Å²) in [6.45, 7) is 3.47. The second kappa shape index (κ2) is 8.05. The third-order valence-electron chi connectivity index (χ3n) is 4.75. The van der Waals surface area contributed by atoms with E-state index >= 15 is 0 Å².